The fraction of sp³-hybridized carbons (Fsp3) is 0.833. The molecule has 0 aromatic rings. The summed E-state index contributed by atoms with van der Waals surface area (Å²) in [5, 5.41) is 14.6. The van der Waals surface area contributed by atoms with E-state index in [0.29, 0.717) is 12.8 Å². The zero-order valence-electron chi connectivity index (χ0n) is 11.2. The number of nitrogens with one attached hydrogen (secondary N) is 2. The van der Waals surface area contributed by atoms with E-state index in [9.17, 15) is 14.7 Å². The molecule has 3 N–H and O–H groups in total. The number of hydrogen-bond donors (Lipinski definition) is 3. The summed E-state index contributed by atoms with van der Waals surface area (Å²) >= 11 is 0. The van der Waals surface area contributed by atoms with Crippen molar-refractivity contribution in [3.63, 3.8) is 0 Å². The van der Waals surface area contributed by atoms with Crippen LogP contribution < -0.4 is 10.6 Å². The van der Waals surface area contributed by atoms with E-state index in [1.807, 2.05) is 27.7 Å². The van der Waals surface area contributed by atoms with Crippen molar-refractivity contribution in [1.82, 2.24) is 10.6 Å². The van der Waals surface area contributed by atoms with E-state index in [1.165, 1.54) is 0 Å². The van der Waals surface area contributed by atoms with Crippen LogP contribution in [0.4, 0.5) is 4.79 Å². The van der Waals surface area contributed by atoms with Gasteiger partial charge in [0.2, 0.25) is 0 Å². The van der Waals surface area contributed by atoms with Crippen LogP contribution in [-0.4, -0.2) is 29.7 Å². The first-order chi connectivity index (χ1) is 7.91. The molecular formula is C12H24N2O3. The number of carboxylic acid groups (broad SMARTS) is 1. The maximum Gasteiger partial charge on any atom is 0.315 e. The van der Waals surface area contributed by atoms with E-state index in [1.54, 1.807) is 0 Å². The summed E-state index contributed by atoms with van der Waals surface area (Å²) in [5.41, 5.74) is -0.854. The van der Waals surface area contributed by atoms with Gasteiger partial charge in [0.05, 0.1) is 5.41 Å². The molecule has 0 aromatic carbocycles. The molecular weight excluding hydrogens is 220 g/mol. The number of carboxylic acids is 1. The maximum atomic E-state index is 11.5. The summed E-state index contributed by atoms with van der Waals surface area (Å²) < 4.78 is 0. The fourth-order valence-corrected chi connectivity index (χ4v) is 1.50. The number of carbonyl (C=O) groups is 2. The minimum absolute atomic E-state index is 0.0949. The van der Waals surface area contributed by atoms with Gasteiger partial charge in [-0.05, 0) is 26.2 Å². The highest BCUT2D eigenvalue weighted by Crippen LogP contribution is 2.25. The van der Waals surface area contributed by atoms with Crippen LogP contribution in [0.15, 0.2) is 0 Å². The van der Waals surface area contributed by atoms with Crippen molar-refractivity contribution in [3.05, 3.63) is 0 Å². The molecule has 5 nitrogen and oxygen atoms in total. The molecule has 0 bridgehead atoms. The summed E-state index contributed by atoms with van der Waals surface area (Å²) in [5.74, 6) is -0.855. The normalized spacial score (nSPS) is 12.9. The van der Waals surface area contributed by atoms with Gasteiger partial charge in [0.1, 0.15) is 0 Å². The van der Waals surface area contributed by atoms with Gasteiger partial charge in [0, 0.05) is 12.6 Å². The van der Waals surface area contributed by atoms with Gasteiger partial charge in [0.15, 0.2) is 0 Å². The Morgan fingerprint density at radius 3 is 2.12 bits per heavy atom. The van der Waals surface area contributed by atoms with Gasteiger partial charge >= 0.3 is 12.0 Å². The average molecular weight is 244 g/mol. The Kier molecular flexibility index (Phi) is 6.61. The molecule has 0 saturated carbocycles. The molecule has 5 heteroatoms. The molecule has 1 unspecified atom stereocenters. The van der Waals surface area contributed by atoms with Crippen molar-refractivity contribution < 1.29 is 14.7 Å². The number of aliphatic carboxylic acids is 1. The highest BCUT2D eigenvalue weighted by atomic mass is 16.4. The third-order valence-corrected chi connectivity index (χ3v) is 3.38. The largest absolute Gasteiger partial charge is 0.481 e. The molecule has 0 saturated heterocycles. The molecule has 1 atom stereocenters. The molecule has 2 amide bonds. The van der Waals surface area contributed by atoms with Gasteiger partial charge in [-0.3, -0.25) is 4.79 Å². The SMILES string of the molecule is CCC(C)NC(=O)NCC(CC)(CC)C(=O)O. The standard InChI is InChI=1S/C12H24N2O3/c1-5-9(4)14-11(17)13-8-12(6-2,7-3)10(15)16/h9H,5-8H2,1-4H3,(H,15,16)(H2,13,14,17). The van der Waals surface area contributed by atoms with Crippen molar-refractivity contribution in [1.29, 1.82) is 0 Å². The second kappa shape index (κ2) is 7.14. The molecule has 0 radical (unpaired) electrons. The van der Waals surface area contributed by atoms with E-state index >= 15 is 0 Å². The maximum absolute atomic E-state index is 11.5. The topological polar surface area (TPSA) is 78.4 Å². The zero-order valence-corrected chi connectivity index (χ0v) is 11.2. The van der Waals surface area contributed by atoms with Gasteiger partial charge in [-0.15, -0.1) is 0 Å². The number of amides is 2. The first-order valence-electron chi connectivity index (χ1n) is 6.19. The second-order valence-electron chi connectivity index (χ2n) is 4.43. The highest BCUT2D eigenvalue weighted by Gasteiger charge is 2.35. The van der Waals surface area contributed by atoms with E-state index < -0.39 is 11.4 Å². The monoisotopic (exact) mass is 244 g/mol. The van der Waals surface area contributed by atoms with Crippen LogP contribution in [0.2, 0.25) is 0 Å². The predicted molar refractivity (Wildman–Crippen MR) is 66.9 cm³/mol. The Labute approximate surface area is 103 Å². The molecule has 0 rings (SSSR count). The van der Waals surface area contributed by atoms with Crippen molar-refractivity contribution in [2.24, 2.45) is 5.41 Å². The first-order valence-corrected chi connectivity index (χ1v) is 6.19. The van der Waals surface area contributed by atoms with Crippen LogP contribution in [0.1, 0.15) is 47.0 Å². The quantitative estimate of drug-likeness (QED) is 0.640. The number of carbonyl (C=O) groups excluding carboxylic acids is 1. The van der Waals surface area contributed by atoms with Crippen LogP contribution in [0.3, 0.4) is 0 Å². The molecule has 0 aromatic heterocycles. The third kappa shape index (κ3) is 4.63. The summed E-state index contributed by atoms with van der Waals surface area (Å²) in [7, 11) is 0. The lowest BCUT2D eigenvalue weighted by molar-refractivity contribution is -0.149. The minimum atomic E-state index is -0.855. The Bertz CT molecular complexity index is 262. The second-order valence-corrected chi connectivity index (χ2v) is 4.43. The summed E-state index contributed by atoms with van der Waals surface area (Å²) in [6.07, 6.45) is 1.85. The third-order valence-electron chi connectivity index (χ3n) is 3.38. The fourth-order valence-electron chi connectivity index (χ4n) is 1.50. The predicted octanol–water partition coefficient (Wildman–Crippen LogP) is 1.98. The smallest absolute Gasteiger partial charge is 0.315 e. The van der Waals surface area contributed by atoms with Gasteiger partial charge in [-0.25, -0.2) is 4.79 Å². The lowest BCUT2D eigenvalue weighted by Crippen LogP contribution is -2.47. The number of hydrogen-bond acceptors (Lipinski definition) is 2. The molecule has 0 spiro atoms. The van der Waals surface area contributed by atoms with Gasteiger partial charge < -0.3 is 15.7 Å². The summed E-state index contributed by atoms with van der Waals surface area (Å²) in [4.78, 5) is 22.7. The van der Waals surface area contributed by atoms with E-state index in [0.717, 1.165) is 6.42 Å². The molecule has 0 heterocycles. The molecule has 100 valence electrons. The molecule has 0 aliphatic carbocycles. The first kappa shape index (κ1) is 15.7. The van der Waals surface area contributed by atoms with Gasteiger partial charge in [-0.2, -0.15) is 0 Å². The van der Waals surface area contributed by atoms with Crippen LogP contribution in [-0.2, 0) is 4.79 Å². The Hall–Kier alpha value is -1.26. The number of rotatable bonds is 7. The Morgan fingerprint density at radius 1 is 1.24 bits per heavy atom. The summed E-state index contributed by atoms with van der Waals surface area (Å²) in [6.45, 7) is 7.70. The van der Waals surface area contributed by atoms with Crippen LogP contribution >= 0.6 is 0 Å². The Morgan fingerprint density at radius 2 is 1.76 bits per heavy atom. The van der Waals surface area contributed by atoms with E-state index in [-0.39, 0.29) is 18.6 Å². The highest BCUT2D eigenvalue weighted by molar-refractivity contribution is 5.78. The number of urea groups is 1. The molecule has 0 fully saturated rings. The molecule has 0 aliphatic heterocycles. The van der Waals surface area contributed by atoms with Crippen molar-refractivity contribution in [2.45, 2.75) is 53.0 Å². The van der Waals surface area contributed by atoms with Gasteiger partial charge in [0.25, 0.3) is 0 Å². The zero-order chi connectivity index (χ0) is 13.5. The van der Waals surface area contributed by atoms with Gasteiger partial charge in [-0.1, -0.05) is 20.8 Å². The summed E-state index contributed by atoms with van der Waals surface area (Å²) in [6, 6.07) is -0.204. The van der Waals surface area contributed by atoms with Crippen LogP contribution in [0, 0.1) is 5.41 Å². The van der Waals surface area contributed by atoms with Crippen molar-refractivity contribution in [3.8, 4) is 0 Å². The average Bonchev–Trinajstić information content (AvgIpc) is 2.30. The lowest BCUT2D eigenvalue weighted by Gasteiger charge is -2.27. The van der Waals surface area contributed by atoms with Crippen LogP contribution in [0.25, 0.3) is 0 Å². The molecule has 0 aliphatic rings. The Balaban J connectivity index is 4.32. The molecule has 17 heavy (non-hydrogen) atoms. The van der Waals surface area contributed by atoms with Crippen molar-refractivity contribution in [2.75, 3.05) is 6.54 Å². The minimum Gasteiger partial charge on any atom is -0.481 e. The lowest BCUT2D eigenvalue weighted by atomic mass is 9.82. The van der Waals surface area contributed by atoms with E-state index in [2.05, 4.69) is 10.6 Å². The van der Waals surface area contributed by atoms with Crippen molar-refractivity contribution >= 4 is 12.0 Å². The van der Waals surface area contributed by atoms with E-state index in [4.69, 9.17) is 0 Å². The van der Waals surface area contributed by atoms with Crippen LogP contribution in [0.5, 0.6) is 0 Å².